The van der Waals surface area contributed by atoms with Gasteiger partial charge in [0.15, 0.2) is 0 Å². The van der Waals surface area contributed by atoms with Gasteiger partial charge in [0.1, 0.15) is 0 Å². The molecule has 0 aromatic heterocycles. The number of benzene rings is 1. The number of nitrogens with zero attached hydrogens (tertiary/aromatic N) is 2. The summed E-state index contributed by atoms with van der Waals surface area (Å²) in [7, 11) is -3.24. The molecule has 1 aliphatic rings. The van der Waals surface area contributed by atoms with Crippen LogP contribution in [-0.4, -0.2) is 67.2 Å². The van der Waals surface area contributed by atoms with Gasteiger partial charge in [0.2, 0.25) is 10.0 Å². The normalized spacial score (nSPS) is 16.5. The molecule has 9 heteroatoms. The Kier molecular flexibility index (Phi) is 5.79. The van der Waals surface area contributed by atoms with E-state index in [1.54, 1.807) is 17.0 Å². The topological polar surface area (TPSA) is 107 Å². The fraction of sp³-hybridized carbons (Fsp3) is 0.467. The molecule has 0 radical (unpaired) electrons. The second kappa shape index (κ2) is 7.63. The van der Waals surface area contributed by atoms with Crippen LogP contribution in [0.4, 0.5) is 4.79 Å². The summed E-state index contributed by atoms with van der Waals surface area (Å²) < 4.78 is 24.5. The molecule has 0 saturated carbocycles. The molecule has 2 amide bonds. The molecule has 0 spiro atoms. The second-order valence-electron chi connectivity index (χ2n) is 5.66. The molecule has 0 aliphatic carbocycles. The SMILES string of the molecule is CS(=O)(=O)N1CCCN(C(=O)NCc2ccc(C(=O)O)cc2)CC1. The number of aromatic carboxylic acids is 1. The number of carbonyl (C=O) groups is 2. The molecule has 0 atom stereocenters. The highest BCUT2D eigenvalue weighted by molar-refractivity contribution is 7.88. The zero-order valence-electron chi connectivity index (χ0n) is 13.4. The number of amides is 2. The summed E-state index contributed by atoms with van der Waals surface area (Å²) >= 11 is 0. The van der Waals surface area contributed by atoms with Crippen molar-refractivity contribution in [2.24, 2.45) is 0 Å². The third kappa shape index (κ3) is 4.93. The number of nitrogens with one attached hydrogen (secondary N) is 1. The fourth-order valence-electron chi connectivity index (χ4n) is 2.48. The van der Waals surface area contributed by atoms with Crippen molar-refractivity contribution >= 4 is 22.0 Å². The smallest absolute Gasteiger partial charge is 0.335 e. The summed E-state index contributed by atoms with van der Waals surface area (Å²) in [6.07, 6.45) is 1.76. The fourth-order valence-corrected chi connectivity index (χ4v) is 3.36. The zero-order chi connectivity index (χ0) is 17.7. The lowest BCUT2D eigenvalue weighted by atomic mass is 10.1. The quantitative estimate of drug-likeness (QED) is 0.821. The number of rotatable bonds is 4. The van der Waals surface area contributed by atoms with Gasteiger partial charge in [0, 0.05) is 32.7 Å². The van der Waals surface area contributed by atoms with E-state index in [2.05, 4.69) is 5.32 Å². The molecule has 2 rings (SSSR count). The molecule has 1 aromatic rings. The molecule has 1 aromatic carbocycles. The van der Waals surface area contributed by atoms with E-state index < -0.39 is 16.0 Å². The Labute approximate surface area is 141 Å². The number of sulfonamides is 1. The first-order chi connectivity index (χ1) is 11.3. The maximum atomic E-state index is 12.2. The maximum Gasteiger partial charge on any atom is 0.335 e. The van der Waals surface area contributed by atoms with E-state index in [1.807, 2.05) is 0 Å². The molecule has 8 nitrogen and oxygen atoms in total. The highest BCUT2D eigenvalue weighted by Crippen LogP contribution is 2.08. The van der Waals surface area contributed by atoms with Crippen molar-refractivity contribution in [3.63, 3.8) is 0 Å². The highest BCUT2D eigenvalue weighted by Gasteiger charge is 2.23. The Balaban J connectivity index is 1.87. The van der Waals surface area contributed by atoms with Crippen molar-refractivity contribution < 1.29 is 23.1 Å². The number of hydrogen-bond acceptors (Lipinski definition) is 4. The first kappa shape index (κ1) is 18.2. The van der Waals surface area contributed by atoms with Crippen molar-refractivity contribution in [3.05, 3.63) is 35.4 Å². The molecule has 1 fully saturated rings. The number of carboxylic acid groups (broad SMARTS) is 1. The minimum absolute atomic E-state index is 0.193. The minimum Gasteiger partial charge on any atom is -0.478 e. The Bertz CT molecular complexity index is 702. The van der Waals surface area contributed by atoms with Gasteiger partial charge in [0.25, 0.3) is 0 Å². The summed E-state index contributed by atoms with van der Waals surface area (Å²) in [4.78, 5) is 24.6. The number of carboxylic acids is 1. The molecule has 1 heterocycles. The van der Waals surface area contributed by atoms with Crippen molar-refractivity contribution in [1.29, 1.82) is 0 Å². The van der Waals surface area contributed by atoms with Crippen LogP contribution in [0.3, 0.4) is 0 Å². The van der Waals surface area contributed by atoms with Crippen molar-refractivity contribution in [3.8, 4) is 0 Å². The average molecular weight is 355 g/mol. The molecule has 1 saturated heterocycles. The monoisotopic (exact) mass is 355 g/mol. The molecule has 132 valence electrons. The first-order valence-electron chi connectivity index (χ1n) is 7.57. The molecule has 1 aliphatic heterocycles. The van der Waals surface area contributed by atoms with Gasteiger partial charge in [-0.1, -0.05) is 12.1 Å². The van der Waals surface area contributed by atoms with Crippen LogP contribution < -0.4 is 5.32 Å². The van der Waals surface area contributed by atoms with Crippen molar-refractivity contribution in [1.82, 2.24) is 14.5 Å². The molecule has 24 heavy (non-hydrogen) atoms. The third-order valence-corrected chi connectivity index (χ3v) is 5.16. The van der Waals surface area contributed by atoms with E-state index in [0.717, 1.165) is 5.56 Å². The van der Waals surface area contributed by atoms with E-state index in [4.69, 9.17) is 5.11 Å². The van der Waals surface area contributed by atoms with Gasteiger partial charge in [0.05, 0.1) is 11.8 Å². The van der Waals surface area contributed by atoms with Crippen LogP contribution in [0.5, 0.6) is 0 Å². The molecule has 0 bridgehead atoms. The number of carbonyl (C=O) groups excluding carboxylic acids is 1. The summed E-state index contributed by atoms with van der Waals surface area (Å²) in [5.74, 6) is -0.995. The number of hydrogen-bond donors (Lipinski definition) is 2. The predicted octanol–water partition coefficient (Wildman–Crippen LogP) is 0.562. The average Bonchev–Trinajstić information content (AvgIpc) is 2.79. The van der Waals surface area contributed by atoms with Gasteiger partial charge in [-0.25, -0.2) is 22.3 Å². The van der Waals surface area contributed by atoms with Crippen LogP contribution in [0.1, 0.15) is 22.3 Å². The Morgan fingerprint density at radius 2 is 1.79 bits per heavy atom. The largest absolute Gasteiger partial charge is 0.478 e. The van der Waals surface area contributed by atoms with Crippen LogP contribution >= 0.6 is 0 Å². The minimum atomic E-state index is -3.24. The Morgan fingerprint density at radius 3 is 2.38 bits per heavy atom. The van der Waals surface area contributed by atoms with E-state index in [1.165, 1.54) is 22.7 Å². The van der Waals surface area contributed by atoms with Gasteiger partial charge in [-0.15, -0.1) is 0 Å². The van der Waals surface area contributed by atoms with Crippen molar-refractivity contribution in [2.75, 3.05) is 32.4 Å². The third-order valence-electron chi connectivity index (χ3n) is 3.86. The second-order valence-corrected chi connectivity index (χ2v) is 7.65. The van der Waals surface area contributed by atoms with Crippen LogP contribution in [-0.2, 0) is 16.6 Å². The Hall–Kier alpha value is -2.13. The molecular weight excluding hydrogens is 334 g/mol. The van der Waals surface area contributed by atoms with Crippen LogP contribution in [0.15, 0.2) is 24.3 Å². The van der Waals surface area contributed by atoms with Gasteiger partial charge in [-0.3, -0.25) is 0 Å². The first-order valence-corrected chi connectivity index (χ1v) is 9.42. The maximum absolute atomic E-state index is 12.2. The summed E-state index contributed by atoms with van der Waals surface area (Å²) in [5.41, 5.74) is 0.986. The van der Waals surface area contributed by atoms with E-state index in [-0.39, 0.29) is 18.1 Å². The van der Waals surface area contributed by atoms with Gasteiger partial charge < -0.3 is 15.3 Å². The lowest BCUT2D eigenvalue weighted by Gasteiger charge is -2.21. The van der Waals surface area contributed by atoms with Gasteiger partial charge in [-0.2, -0.15) is 0 Å². The molecule has 2 N–H and O–H groups in total. The molecular formula is C15H21N3O5S. The summed E-state index contributed by atoms with van der Waals surface area (Å²) in [6.45, 7) is 1.83. The van der Waals surface area contributed by atoms with Crippen LogP contribution in [0, 0.1) is 0 Å². The van der Waals surface area contributed by atoms with E-state index >= 15 is 0 Å². The summed E-state index contributed by atoms with van der Waals surface area (Å²) in [5, 5.41) is 11.6. The van der Waals surface area contributed by atoms with E-state index in [0.29, 0.717) is 32.6 Å². The van der Waals surface area contributed by atoms with Crippen LogP contribution in [0.2, 0.25) is 0 Å². The van der Waals surface area contributed by atoms with Gasteiger partial charge >= 0.3 is 12.0 Å². The lowest BCUT2D eigenvalue weighted by molar-refractivity contribution is 0.0697. The molecule has 0 unspecified atom stereocenters. The Morgan fingerprint density at radius 1 is 1.12 bits per heavy atom. The standard InChI is InChI=1S/C15H21N3O5S/c1-24(22,23)18-8-2-7-17(9-10-18)15(21)16-11-12-3-5-13(6-4-12)14(19)20/h3-6H,2,7-11H2,1H3,(H,16,21)(H,19,20). The highest BCUT2D eigenvalue weighted by atomic mass is 32.2. The van der Waals surface area contributed by atoms with Crippen LogP contribution in [0.25, 0.3) is 0 Å². The predicted molar refractivity (Wildman–Crippen MR) is 88.2 cm³/mol. The zero-order valence-corrected chi connectivity index (χ0v) is 14.3. The van der Waals surface area contributed by atoms with Crippen molar-refractivity contribution in [2.45, 2.75) is 13.0 Å². The summed E-state index contributed by atoms with van der Waals surface area (Å²) in [6, 6.07) is 6.02. The van der Waals surface area contributed by atoms with Gasteiger partial charge in [-0.05, 0) is 24.1 Å². The lowest BCUT2D eigenvalue weighted by Crippen LogP contribution is -2.42. The number of urea groups is 1. The van der Waals surface area contributed by atoms with E-state index in [9.17, 15) is 18.0 Å².